The van der Waals surface area contributed by atoms with Crippen molar-refractivity contribution >= 4 is 18.1 Å². The predicted molar refractivity (Wildman–Crippen MR) is 64.7 cm³/mol. The molecule has 0 bridgehead atoms. The van der Waals surface area contributed by atoms with Crippen molar-refractivity contribution in [1.29, 1.82) is 0 Å². The summed E-state index contributed by atoms with van der Waals surface area (Å²) in [6.07, 6.45) is 1.62. The summed E-state index contributed by atoms with van der Waals surface area (Å²) in [6, 6.07) is 9.29. The van der Waals surface area contributed by atoms with E-state index in [9.17, 15) is 4.79 Å². The van der Waals surface area contributed by atoms with E-state index in [1.165, 1.54) is 7.05 Å². The number of nitrogens with one attached hydrogen (secondary N) is 2. The van der Waals surface area contributed by atoms with Crippen LogP contribution >= 0.6 is 0 Å². The molecule has 0 saturated heterocycles. The monoisotopic (exact) mass is 218 g/mol. The third-order valence-electron chi connectivity index (χ3n) is 1.74. The van der Waals surface area contributed by atoms with Crippen molar-refractivity contribution in [3.8, 4) is 0 Å². The molecule has 16 heavy (non-hydrogen) atoms. The molecule has 1 aromatic carbocycles. The van der Waals surface area contributed by atoms with Gasteiger partial charge in [-0.3, -0.25) is 5.32 Å². The minimum atomic E-state index is -0.309. The van der Waals surface area contributed by atoms with Crippen LogP contribution in [0.5, 0.6) is 0 Å². The highest BCUT2D eigenvalue weighted by Crippen LogP contribution is 1.93. The first kappa shape index (κ1) is 11.9. The molecule has 2 amide bonds. The Balaban J connectivity index is 2.52. The molecule has 0 atom stereocenters. The maximum atomic E-state index is 10.9. The van der Waals surface area contributed by atoms with Crippen LogP contribution in [0.3, 0.4) is 0 Å². The van der Waals surface area contributed by atoms with Gasteiger partial charge in [0.2, 0.25) is 0 Å². The second-order valence-electron chi connectivity index (χ2n) is 3.04. The lowest BCUT2D eigenvalue weighted by Gasteiger charge is -2.00. The van der Waals surface area contributed by atoms with Crippen molar-refractivity contribution in [2.45, 2.75) is 6.92 Å². The molecule has 5 nitrogen and oxygen atoms in total. The fourth-order valence-electron chi connectivity index (χ4n) is 0.973. The molecule has 1 rings (SSSR count). The average molecular weight is 218 g/mol. The SMILES string of the molecule is CNC(=O)N/C(C)=N/N=C/c1ccccc1. The molecule has 0 saturated carbocycles. The number of benzene rings is 1. The van der Waals surface area contributed by atoms with Crippen LogP contribution in [0.2, 0.25) is 0 Å². The molecule has 1 aromatic rings. The Morgan fingerprint density at radius 2 is 2.00 bits per heavy atom. The van der Waals surface area contributed by atoms with Crippen molar-refractivity contribution in [3.05, 3.63) is 35.9 Å². The van der Waals surface area contributed by atoms with Crippen LogP contribution in [0.1, 0.15) is 12.5 Å². The van der Waals surface area contributed by atoms with Crippen molar-refractivity contribution in [2.75, 3.05) is 7.05 Å². The number of amides is 2. The summed E-state index contributed by atoms with van der Waals surface area (Å²) < 4.78 is 0. The Morgan fingerprint density at radius 1 is 1.31 bits per heavy atom. The standard InChI is InChI=1S/C11H14N4O/c1-9(14-11(16)12-2)15-13-8-10-6-4-3-5-7-10/h3-8H,1-2H3,(H2,12,14,15,16)/b13-8+. The van der Waals surface area contributed by atoms with Gasteiger partial charge < -0.3 is 5.32 Å². The summed E-state index contributed by atoms with van der Waals surface area (Å²) >= 11 is 0. The third kappa shape index (κ3) is 4.36. The Morgan fingerprint density at radius 3 is 2.62 bits per heavy atom. The van der Waals surface area contributed by atoms with E-state index in [0.717, 1.165) is 5.56 Å². The highest BCUT2D eigenvalue weighted by molar-refractivity contribution is 5.96. The summed E-state index contributed by atoms with van der Waals surface area (Å²) in [5, 5.41) is 12.6. The van der Waals surface area contributed by atoms with Gasteiger partial charge in [-0.1, -0.05) is 30.3 Å². The molecule has 0 radical (unpaired) electrons. The first-order valence-corrected chi connectivity index (χ1v) is 4.84. The second kappa shape index (κ2) is 6.34. The molecule has 0 aliphatic heterocycles. The van der Waals surface area contributed by atoms with E-state index in [4.69, 9.17) is 0 Å². The van der Waals surface area contributed by atoms with Gasteiger partial charge in [0.1, 0.15) is 5.84 Å². The van der Waals surface area contributed by atoms with E-state index in [1.807, 2.05) is 30.3 Å². The molecular formula is C11H14N4O. The van der Waals surface area contributed by atoms with Crippen molar-refractivity contribution in [3.63, 3.8) is 0 Å². The zero-order valence-electron chi connectivity index (χ0n) is 9.27. The van der Waals surface area contributed by atoms with Crippen LogP contribution in [0, 0.1) is 0 Å². The maximum Gasteiger partial charge on any atom is 0.319 e. The van der Waals surface area contributed by atoms with Crippen molar-refractivity contribution < 1.29 is 4.79 Å². The fourth-order valence-corrected chi connectivity index (χ4v) is 0.973. The predicted octanol–water partition coefficient (Wildman–Crippen LogP) is 1.37. The van der Waals surface area contributed by atoms with Gasteiger partial charge in [-0.15, -0.1) is 5.10 Å². The van der Waals surface area contributed by atoms with E-state index in [0.29, 0.717) is 5.84 Å². The molecule has 0 spiro atoms. The highest BCUT2D eigenvalue weighted by Gasteiger charge is 1.95. The summed E-state index contributed by atoms with van der Waals surface area (Å²) in [7, 11) is 1.54. The van der Waals surface area contributed by atoms with E-state index in [2.05, 4.69) is 20.8 Å². The van der Waals surface area contributed by atoms with Gasteiger partial charge in [0.25, 0.3) is 0 Å². The Hall–Kier alpha value is -2.17. The van der Waals surface area contributed by atoms with Gasteiger partial charge in [0, 0.05) is 7.05 Å². The Labute approximate surface area is 94.3 Å². The number of hydrogen-bond donors (Lipinski definition) is 2. The van der Waals surface area contributed by atoms with Crippen LogP contribution in [-0.4, -0.2) is 25.1 Å². The normalized spacial score (nSPS) is 11.5. The number of amidine groups is 1. The lowest BCUT2D eigenvalue weighted by atomic mass is 10.2. The number of urea groups is 1. The maximum absolute atomic E-state index is 10.9. The van der Waals surface area contributed by atoms with Crippen LogP contribution in [0.25, 0.3) is 0 Å². The zero-order chi connectivity index (χ0) is 11.8. The molecule has 84 valence electrons. The number of nitrogens with zero attached hydrogens (tertiary/aromatic N) is 2. The molecule has 0 heterocycles. The van der Waals surface area contributed by atoms with E-state index in [-0.39, 0.29) is 6.03 Å². The van der Waals surface area contributed by atoms with Crippen LogP contribution in [0.15, 0.2) is 40.5 Å². The fraction of sp³-hybridized carbons (Fsp3) is 0.182. The molecule has 0 fully saturated rings. The van der Waals surface area contributed by atoms with Gasteiger partial charge >= 0.3 is 6.03 Å². The second-order valence-corrected chi connectivity index (χ2v) is 3.04. The van der Waals surface area contributed by atoms with Crippen molar-refractivity contribution in [2.24, 2.45) is 10.2 Å². The van der Waals surface area contributed by atoms with Gasteiger partial charge in [-0.25, -0.2) is 4.79 Å². The van der Waals surface area contributed by atoms with Crippen molar-refractivity contribution in [1.82, 2.24) is 10.6 Å². The molecule has 5 heteroatoms. The Kier molecular flexibility index (Phi) is 4.72. The topological polar surface area (TPSA) is 65.8 Å². The Bertz CT molecular complexity index is 398. The number of hydrogen-bond acceptors (Lipinski definition) is 3. The summed E-state index contributed by atoms with van der Waals surface area (Å²) in [4.78, 5) is 10.9. The zero-order valence-corrected chi connectivity index (χ0v) is 9.27. The molecule has 0 aromatic heterocycles. The highest BCUT2D eigenvalue weighted by atomic mass is 16.2. The first-order chi connectivity index (χ1) is 7.72. The largest absolute Gasteiger partial charge is 0.341 e. The summed E-state index contributed by atoms with van der Waals surface area (Å²) in [5.41, 5.74) is 0.957. The average Bonchev–Trinajstić information content (AvgIpc) is 2.30. The van der Waals surface area contributed by atoms with Crippen LogP contribution in [0.4, 0.5) is 4.79 Å². The van der Waals surface area contributed by atoms with Gasteiger partial charge in [0.15, 0.2) is 0 Å². The molecule has 0 aliphatic rings. The van der Waals surface area contributed by atoms with Gasteiger partial charge in [-0.2, -0.15) is 5.10 Å². The molecular weight excluding hydrogens is 204 g/mol. The number of carbonyl (C=O) groups is 1. The molecule has 0 aliphatic carbocycles. The lowest BCUT2D eigenvalue weighted by Crippen LogP contribution is -2.35. The smallest absolute Gasteiger partial charge is 0.319 e. The summed E-state index contributed by atoms with van der Waals surface area (Å²) in [6.45, 7) is 1.66. The minimum Gasteiger partial charge on any atom is -0.341 e. The number of carbonyl (C=O) groups excluding carboxylic acids is 1. The van der Waals surface area contributed by atoms with E-state index < -0.39 is 0 Å². The summed E-state index contributed by atoms with van der Waals surface area (Å²) in [5.74, 6) is 0.437. The van der Waals surface area contributed by atoms with E-state index >= 15 is 0 Å². The van der Waals surface area contributed by atoms with Crippen LogP contribution in [-0.2, 0) is 0 Å². The number of rotatable bonds is 2. The third-order valence-corrected chi connectivity index (χ3v) is 1.74. The first-order valence-electron chi connectivity index (χ1n) is 4.84. The quantitative estimate of drug-likeness (QED) is 0.439. The van der Waals surface area contributed by atoms with Gasteiger partial charge in [-0.05, 0) is 12.5 Å². The lowest BCUT2D eigenvalue weighted by molar-refractivity contribution is 0.247. The van der Waals surface area contributed by atoms with Crippen LogP contribution < -0.4 is 10.6 Å². The van der Waals surface area contributed by atoms with Gasteiger partial charge in [0.05, 0.1) is 6.21 Å². The van der Waals surface area contributed by atoms with E-state index in [1.54, 1.807) is 13.1 Å². The molecule has 0 unspecified atom stereocenters. The minimum absolute atomic E-state index is 0.309. The molecule has 2 N–H and O–H groups in total.